The highest BCUT2D eigenvalue weighted by molar-refractivity contribution is 9.10. The molecule has 0 fully saturated rings. The Kier molecular flexibility index (Phi) is 3.48. The second kappa shape index (κ2) is 4.93. The Hall–Kier alpha value is -2.02. The Morgan fingerprint density at radius 2 is 2.00 bits per heavy atom. The zero-order valence-corrected chi connectivity index (χ0v) is 10.7. The number of carbonyl (C=O) groups is 2. The SMILES string of the molecule is O=Cc1ccc(-c2c(Br)cc(C(=O)O)c(F)c2F)o1. The van der Waals surface area contributed by atoms with E-state index in [1.165, 1.54) is 12.1 Å². The molecule has 0 bridgehead atoms. The highest BCUT2D eigenvalue weighted by Gasteiger charge is 2.23. The lowest BCUT2D eigenvalue weighted by Gasteiger charge is -2.06. The van der Waals surface area contributed by atoms with Gasteiger partial charge in [0.05, 0.1) is 11.1 Å². The molecule has 0 saturated carbocycles. The van der Waals surface area contributed by atoms with Gasteiger partial charge in [-0.1, -0.05) is 0 Å². The van der Waals surface area contributed by atoms with E-state index in [9.17, 15) is 18.4 Å². The fourth-order valence-electron chi connectivity index (χ4n) is 1.53. The molecule has 0 aliphatic rings. The number of aldehydes is 1. The van der Waals surface area contributed by atoms with E-state index in [1.54, 1.807) is 0 Å². The molecule has 0 amide bonds. The van der Waals surface area contributed by atoms with Crippen LogP contribution in [0.3, 0.4) is 0 Å². The van der Waals surface area contributed by atoms with E-state index in [2.05, 4.69) is 15.9 Å². The Morgan fingerprint density at radius 3 is 2.53 bits per heavy atom. The highest BCUT2D eigenvalue weighted by Crippen LogP contribution is 2.34. The van der Waals surface area contributed by atoms with Crippen LogP contribution in [0.5, 0.6) is 0 Å². The molecule has 0 aliphatic heterocycles. The molecule has 4 nitrogen and oxygen atoms in total. The molecule has 1 N–H and O–H groups in total. The zero-order valence-electron chi connectivity index (χ0n) is 9.12. The standard InChI is InChI=1S/C12H5BrF2O4/c13-7-3-6(12(17)18)10(14)11(15)9(7)8-2-1-5(4-16)19-8/h1-4H,(H,17,18). The summed E-state index contributed by atoms with van der Waals surface area (Å²) in [5.74, 6) is -4.57. The number of rotatable bonds is 3. The van der Waals surface area contributed by atoms with Crippen molar-refractivity contribution in [2.45, 2.75) is 0 Å². The quantitative estimate of drug-likeness (QED) is 0.690. The number of hydrogen-bond acceptors (Lipinski definition) is 3. The van der Waals surface area contributed by atoms with E-state index in [0.717, 1.165) is 6.07 Å². The molecule has 2 rings (SSSR count). The first-order chi connectivity index (χ1) is 8.95. The molecule has 0 atom stereocenters. The number of hydrogen-bond donors (Lipinski definition) is 1. The topological polar surface area (TPSA) is 67.5 Å². The third-order valence-electron chi connectivity index (χ3n) is 2.38. The molecular weight excluding hydrogens is 326 g/mol. The fraction of sp³-hybridized carbons (Fsp3) is 0. The normalized spacial score (nSPS) is 10.5. The van der Waals surface area contributed by atoms with Gasteiger partial charge in [0.1, 0.15) is 5.76 Å². The average molecular weight is 331 g/mol. The first-order valence-corrected chi connectivity index (χ1v) is 5.71. The summed E-state index contributed by atoms with van der Waals surface area (Å²) in [6.07, 6.45) is 0.414. The van der Waals surface area contributed by atoms with E-state index in [0.29, 0.717) is 6.29 Å². The summed E-state index contributed by atoms with van der Waals surface area (Å²) in [4.78, 5) is 21.2. The molecule has 7 heteroatoms. The first kappa shape index (κ1) is 13.4. The summed E-state index contributed by atoms with van der Waals surface area (Å²) in [6.45, 7) is 0. The van der Waals surface area contributed by atoms with Crippen molar-refractivity contribution < 1.29 is 27.9 Å². The summed E-state index contributed by atoms with van der Waals surface area (Å²) in [7, 11) is 0. The predicted molar refractivity (Wildman–Crippen MR) is 64.1 cm³/mol. The molecule has 98 valence electrons. The van der Waals surface area contributed by atoms with Gasteiger partial charge in [0, 0.05) is 4.47 Å². The Labute approximate surface area is 113 Å². The van der Waals surface area contributed by atoms with Gasteiger partial charge < -0.3 is 9.52 Å². The van der Waals surface area contributed by atoms with Gasteiger partial charge in [-0.05, 0) is 34.1 Å². The molecule has 1 aromatic heterocycles. The summed E-state index contributed by atoms with van der Waals surface area (Å²) in [5.41, 5.74) is -1.08. The van der Waals surface area contributed by atoms with Crippen molar-refractivity contribution in [1.82, 2.24) is 0 Å². The fourth-order valence-corrected chi connectivity index (χ4v) is 2.13. The van der Waals surface area contributed by atoms with Crippen LogP contribution in [-0.4, -0.2) is 17.4 Å². The average Bonchev–Trinajstić information content (AvgIpc) is 2.82. The van der Waals surface area contributed by atoms with Gasteiger partial charge in [-0.3, -0.25) is 4.79 Å². The molecule has 19 heavy (non-hydrogen) atoms. The lowest BCUT2D eigenvalue weighted by atomic mass is 10.1. The molecule has 0 aliphatic carbocycles. The minimum atomic E-state index is -1.59. The van der Waals surface area contributed by atoms with Crippen LogP contribution in [0, 0.1) is 11.6 Å². The summed E-state index contributed by atoms with van der Waals surface area (Å²) in [6, 6.07) is 3.50. The lowest BCUT2D eigenvalue weighted by Crippen LogP contribution is -2.04. The number of carboxylic acid groups (broad SMARTS) is 1. The Bertz CT molecular complexity index is 679. The van der Waals surface area contributed by atoms with Crippen LogP contribution >= 0.6 is 15.9 Å². The van der Waals surface area contributed by atoms with Crippen LogP contribution in [0.25, 0.3) is 11.3 Å². The summed E-state index contributed by atoms with van der Waals surface area (Å²) < 4.78 is 32.4. The largest absolute Gasteiger partial charge is 0.478 e. The van der Waals surface area contributed by atoms with E-state index in [1.807, 2.05) is 0 Å². The maximum Gasteiger partial charge on any atom is 0.338 e. The van der Waals surface area contributed by atoms with Crippen molar-refractivity contribution in [3.63, 3.8) is 0 Å². The molecule has 1 heterocycles. The van der Waals surface area contributed by atoms with Crippen LogP contribution in [-0.2, 0) is 0 Å². The lowest BCUT2D eigenvalue weighted by molar-refractivity contribution is 0.0690. The molecule has 1 aromatic carbocycles. The van der Waals surface area contributed by atoms with Gasteiger partial charge in [0.25, 0.3) is 0 Å². The second-order valence-electron chi connectivity index (χ2n) is 3.53. The second-order valence-corrected chi connectivity index (χ2v) is 4.39. The smallest absolute Gasteiger partial charge is 0.338 e. The number of carboxylic acids is 1. The van der Waals surface area contributed by atoms with Gasteiger partial charge in [0.15, 0.2) is 23.7 Å². The van der Waals surface area contributed by atoms with E-state index in [-0.39, 0.29) is 21.6 Å². The molecule has 0 unspecified atom stereocenters. The van der Waals surface area contributed by atoms with Crippen LogP contribution in [0.15, 0.2) is 27.1 Å². The summed E-state index contributed by atoms with van der Waals surface area (Å²) >= 11 is 2.95. The number of benzene rings is 1. The van der Waals surface area contributed by atoms with E-state index < -0.39 is 23.2 Å². The molecule has 0 saturated heterocycles. The monoisotopic (exact) mass is 330 g/mol. The van der Waals surface area contributed by atoms with Crippen LogP contribution in [0.2, 0.25) is 0 Å². The van der Waals surface area contributed by atoms with Gasteiger partial charge in [0.2, 0.25) is 0 Å². The van der Waals surface area contributed by atoms with Gasteiger partial charge >= 0.3 is 5.97 Å². The third kappa shape index (κ3) is 2.28. The van der Waals surface area contributed by atoms with Crippen LogP contribution in [0.1, 0.15) is 20.9 Å². The molecule has 2 aromatic rings. The van der Waals surface area contributed by atoms with Crippen LogP contribution < -0.4 is 0 Å². The minimum absolute atomic E-state index is 0.00981. The molecule has 0 radical (unpaired) electrons. The molecule has 0 spiro atoms. The Balaban J connectivity index is 2.68. The zero-order chi connectivity index (χ0) is 14.2. The van der Waals surface area contributed by atoms with Gasteiger partial charge in [-0.25, -0.2) is 13.6 Å². The van der Waals surface area contributed by atoms with Crippen molar-refractivity contribution in [2.75, 3.05) is 0 Å². The predicted octanol–water partition coefficient (Wildman–Crippen LogP) is 3.50. The minimum Gasteiger partial charge on any atom is -0.478 e. The van der Waals surface area contributed by atoms with Crippen molar-refractivity contribution >= 4 is 28.2 Å². The maximum atomic E-state index is 13.9. The van der Waals surface area contributed by atoms with Crippen molar-refractivity contribution in [1.29, 1.82) is 0 Å². The summed E-state index contributed by atoms with van der Waals surface area (Å²) in [5, 5.41) is 8.72. The number of furan rings is 1. The number of aromatic carboxylic acids is 1. The first-order valence-electron chi connectivity index (χ1n) is 4.92. The van der Waals surface area contributed by atoms with Gasteiger partial charge in [-0.2, -0.15) is 0 Å². The van der Waals surface area contributed by atoms with E-state index >= 15 is 0 Å². The highest BCUT2D eigenvalue weighted by atomic mass is 79.9. The van der Waals surface area contributed by atoms with Crippen molar-refractivity contribution in [3.8, 4) is 11.3 Å². The van der Waals surface area contributed by atoms with Crippen molar-refractivity contribution in [3.05, 3.63) is 45.6 Å². The third-order valence-corrected chi connectivity index (χ3v) is 3.00. The molecular formula is C12H5BrF2O4. The van der Waals surface area contributed by atoms with Crippen LogP contribution in [0.4, 0.5) is 8.78 Å². The number of halogens is 3. The van der Waals surface area contributed by atoms with E-state index in [4.69, 9.17) is 9.52 Å². The Morgan fingerprint density at radius 1 is 1.32 bits per heavy atom. The number of carbonyl (C=O) groups excluding carboxylic acids is 1. The maximum absolute atomic E-state index is 13.9. The van der Waals surface area contributed by atoms with Gasteiger partial charge in [-0.15, -0.1) is 0 Å². The van der Waals surface area contributed by atoms with Crippen molar-refractivity contribution in [2.24, 2.45) is 0 Å².